The van der Waals surface area contributed by atoms with Gasteiger partial charge in [0.15, 0.2) is 0 Å². The van der Waals surface area contributed by atoms with Crippen LogP contribution in [0.1, 0.15) is 35.0 Å². The van der Waals surface area contributed by atoms with Crippen LogP contribution < -0.4 is 5.32 Å². The van der Waals surface area contributed by atoms with Crippen LogP contribution in [0, 0.1) is 6.92 Å². The standard InChI is InChI=1S/C30H25Cl2N7O3/c1-19-7-9-21(10-8-19)28-29(32)36-30(35-28)24(16-27(41)42-17-20-5-3-2-4-6-20)34-26(40)14-11-22-15-23(31)12-13-25(22)39-18-33-37-38-39/h2-15,18,24H,16-17H2,1H3,(H,34,40)(H,35,36)/b14-11+/t24-/m0/s1. The van der Waals surface area contributed by atoms with E-state index in [0.29, 0.717) is 27.8 Å². The number of imidazole rings is 1. The fourth-order valence-electron chi connectivity index (χ4n) is 4.14. The van der Waals surface area contributed by atoms with E-state index in [1.54, 1.807) is 24.3 Å². The first-order valence-corrected chi connectivity index (χ1v) is 13.6. The first-order valence-electron chi connectivity index (χ1n) is 12.9. The highest BCUT2D eigenvalue weighted by atomic mass is 35.5. The van der Waals surface area contributed by atoms with Crippen LogP contribution in [0.3, 0.4) is 0 Å². The first kappa shape index (κ1) is 28.7. The van der Waals surface area contributed by atoms with Crippen LogP contribution in [-0.2, 0) is 20.9 Å². The molecule has 2 heterocycles. The van der Waals surface area contributed by atoms with Crippen LogP contribution in [0.25, 0.3) is 23.0 Å². The maximum absolute atomic E-state index is 13.1. The number of aromatic nitrogens is 6. The molecule has 0 aliphatic heterocycles. The molecule has 0 saturated carbocycles. The summed E-state index contributed by atoms with van der Waals surface area (Å²) in [5, 5.41) is 14.8. The van der Waals surface area contributed by atoms with Gasteiger partial charge in [0.1, 0.15) is 29.6 Å². The van der Waals surface area contributed by atoms with Gasteiger partial charge in [-0.1, -0.05) is 83.4 Å². The van der Waals surface area contributed by atoms with Gasteiger partial charge in [0, 0.05) is 22.2 Å². The van der Waals surface area contributed by atoms with Gasteiger partial charge in [-0.25, -0.2) is 4.98 Å². The lowest BCUT2D eigenvalue weighted by Gasteiger charge is -2.15. The summed E-state index contributed by atoms with van der Waals surface area (Å²) in [4.78, 5) is 33.7. The van der Waals surface area contributed by atoms with Gasteiger partial charge >= 0.3 is 5.97 Å². The molecule has 1 atom stereocenters. The summed E-state index contributed by atoms with van der Waals surface area (Å²) in [5.74, 6) is -0.692. The Kier molecular flexibility index (Phi) is 9.05. The number of hydrogen-bond donors (Lipinski definition) is 2. The number of carbonyl (C=O) groups is 2. The molecule has 0 aliphatic rings. The van der Waals surface area contributed by atoms with Crippen molar-refractivity contribution in [2.45, 2.75) is 26.0 Å². The zero-order valence-corrected chi connectivity index (χ0v) is 23.9. The number of carbonyl (C=O) groups excluding carboxylic acids is 2. The molecule has 5 rings (SSSR count). The molecule has 0 fully saturated rings. The Bertz CT molecular complexity index is 1700. The van der Waals surface area contributed by atoms with Crippen molar-refractivity contribution in [3.63, 3.8) is 0 Å². The Morgan fingerprint density at radius 1 is 1.07 bits per heavy atom. The van der Waals surface area contributed by atoms with Crippen molar-refractivity contribution in [1.29, 1.82) is 0 Å². The maximum Gasteiger partial charge on any atom is 0.308 e. The Labute approximate surface area is 251 Å². The molecule has 2 aromatic heterocycles. The fraction of sp³-hybridized carbons (Fsp3) is 0.133. The Balaban J connectivity index is 1.37. The Morgan fingerprint density at radius 3 is 2.60 bits per heavy atom. The zero-order valence-electron chi connectivity index (χ0n) is 22.4. The number of rotatable bonds is 10. The van der Waals surface area contributed by atoms with Crippen LogP contribution in [-0.4, -0.2) is 42.1 Å². The van der Waals surface area contributed by atoms with Crippen molar-refractivity contribution in [2.75, 3.05) is 0 Å². The maximum atomic E-state index is 13.1. The summed E-state index contributed by atoms with van der Waals surface area (Å²) in [5.41, 5.74) is 4.45. The highest BCUT2D eigenvalue weighted by molar-refractivity contribution is 6.32. The number of aromatic amines is 1. The van der Waals surface area contributed by atoms with Crippen molar-refractivity contribution in [2.24, 2.45) is 0 Å². The molecule has 12 heteroatoms. The number of tetrazole rings is 1. The third kappa shape index (κ3) is 7.28. The number of halogens is 2. The van der Waals surface area contributed by atoms with Crippen molar-refractivity contribution >= 4 is 41.2 Å². The topological polar surface area (TPSA) is 128 Å². The van der Waals surface area contributed by atoms with E-state index in [1.165, 1.54) is 17.1 Å². The number of ether oxygens (including phenoxy) is 1. The number of nitrogens with zero attached hydrogens (tertiary/aromatic N) is 5. The number of H-pyrrole nitrogens is 1. The smallest absolute Gasteiger partial charge is 0.308 e. The van der Waals surface area contributed by atoms with E-state index in [0.717, 1.165) is 16.7 Å². The van der Waals surface area contributed by atoms with Gasteiger partial charge in [-0.2, -0.15) is 4.68 Å². The predicted octanol–water partition coefficient (Wildman–Crippen LogP) is 5.67. The third-order valence-electron chi connectivity index (χ3n) is 6.26. The molecule has 5 aromatic rings. The summed E-state index contributed by atoms with van der Waals surface area (Å²) in [6, 6.07) is 21.3. The third-order valence-corrected chi connectivity index (χ3v) is 6.77. The van der Waals surface area contributed by atoms with Gasteiger partial charge in [0.25, 0.3) is 0 Å². The SMILES string of the molecule is Cc1ccc(-c2nc([C@H](CC(=O)OCc3ccccc3)NC(=O)/C=C/c3cc(Cl)ccc3-n3cnnn3)[nH]c2Cl)cc1. The van der Waals surface area contributed by atoms with Crippen molar-refractivity contribution in [3.05, 3.63) is 118 Å². The second-order valence-electron chi connectivity index (χ2n) is 9.35. The number of benzene rings is 3. The molecule has 3 aromatic carbocycles. The summed E-state index contributed by atoms with van der Waals surface area (Å²) in [7, 11) is 0. The van der Waals surface area contributed by atoms with Gasteiger partial charge in [-0.05, 0) is 47.2 Å². The van der Waals surface area contributed by atoms with E-state index in [9.17, 15) is 9.59 Å². The van der Waals surface area contributed by atoms with Crippen molar-refractivity contribution < 1.29 is 14.3 Å². The number of aryl methyl sites for hydroxylation is 1. The summed E-state index contributed by atoms with van der Waals surface area (Å²) in [6.45, 7) is 2.08. The molecule has 42 heavy (non-hydrogen) atoms. The second kappa shape index (κ2) is 13.2. The highest BCUT2D eigenvalue weighted by Crippen LogP contribution is 2.29. The predicted molar refractivity (Wildman–Crippen MR) is 159 cm³/mol. The lowest BCUT2D eigenvalue weighted by Crippen LogP contribution is -2.30. The first-order chi connectivity index (χ1) is 20.4. The Hall–Kier alpha value is -4.80. The van der Waals surface area contributed by atoms with Gasteiger partial charge in [-0.3, -0.25) is 9.59 Å². The molecule has 2 N–H and O–H groups in total. The molecule has 0 aliphatic carbocycles. The fourth-order valence-corrected chi connectivity index (χ4v) is 4.57. The number of esters is 1. The van der Waals surface area contributed by atoms with Crippen LogP contribution >= 0.6 is 23.2 Å². The van der Waals surface area contributed by atoms with E-state index < -0.39 is 17.9 Å². The van der Waals surface area contributed by atoms with Crippen molar-refractivity contribution in [1.82, 2.24) is 35.5 Å². The average molecular weight is 602 g/mol. The van der Waals surface area contributed by atoms with E-state index in [2.05, 4.69) is 30.8 Å². The summed E-state index contributed by atoms with van der Waals surface area (Å²) >= 11 is 12.7. The monoisotopic (exact) mass is 601 g/mol. The molecular weight excluding hydrogens is 577 g/mol. The number of hydrogen-bond acceptors (Lipinski definition) is 7. The van der Waals surface area contributed by atoms with Crippen molar-refractivity contribution in [3.8, 4) is 16.9 Å². The lowest BCUT2D eigenvalue weighted by atomic mass is 10.1. The average Bonchev–Trinajstić information content (AvgIpc) is 3.66. The Morgan fingerprint density at radius 2 is 1.86 bits per heavy atom. The normalized spacial score (nSPS) is 11.9. The van der Waals surface area contributed by atoms with Gasteiger partial charge in [0.05, 0.1) is 18.2 Å². The van der Waals surface area contributed by atoms with Crippen LogP contribution in [0.2, 0.25) is 10.2 Å². The molecule has 0 bridgehead atoms. The zero-order chi connectivity index (χ0) is 29.5. The number of nitrogens with one attached hydrogen (secondary N) is 2. The van der Waals surface area contributed by atoms with Gasteiger partial charge in [-0.15, -0.1) is 5.10 Å². The largest absolute Gasteiger partial charge is 0.461 e. The second-order valence-corrected chi connectivity index (χ2v) is 10.2. The lowest BCUT2D eigenvalue weighted by molar-refractivity contribution is -0.145. The molecular formula is C30H25Cl2N7O3. The molecule has 0 unspecified atom stereocenters. The van der Waals surface area contributed by atoms with Gasteiger partial charge < -0.3 is 15.0 Å². The summed E-state index contributed by atoms with van der Waals surface area (Å²) in [6.07, 6.45) is 4.16. The molecule has 0 radical (unpaired) electrons. The quantitative estimate of drug-likeness (QED) is 0.156. The molecule has 1 amide bonds. The van der Waals surface area contributed by atoms with Crippen LogP contribution in [0.5, 0.6) is 0 Å². The minimum absolute atomic E-state index is 0.0997. The van der Waals surface area contributed by atoms with Crippen LogP contribution in [0.4, 0.5) is 0 Å². The highest BCUT2D eigenvalue weighted by Gasteiger charge is 2.24. The van der Waals surface area contributed by atoms with E-state index in [1.807, 2.05) is 61.5 Å². The molecule has 10 nitrogen and oxygen atoms in total. The van der Waals surface area contributed by atoms with Crippen LogP contribution in [0.15, 0.2) is 85.2 Å². The molecule has 0 saturated heterocycles. The van der Waals surface area contributed by atoms with Gasteiger partial charge in [0.2, 0.25) is 5.91 Å². The molecule has 212 valence electrons. The minimum Gasteiger partial charge on any atom is -0.461 e. The summed E-state index contributed by atoms with van der Waals surface area (Å²) < 4.78 is 6.93. The van der Waals surface area contributed by atoms with E-state index in [-0.39, 0.29) is 18.2 Å². The van der Waals surface area contributed by atoms with E-state index in [4.69, 9.17) is 27.9 Å². The number of amides is 1. The minimum atomic E-state index is -0.861. The van der Waals surface area contributed by atoms with E-state index >= 15 is 0 Å². The molecule has 0 spiro atoms.